The molecule has 2 aromatic rings. The highest BCUT2D eigenvalue weighted by atomic mass is 19.4. The normalized spacial score (nSPS) is 19.9. The Morgan fingerprint density at radius 1 is 1.12 bits per heavy atom. The van der Waals surface area contributed by atoms with Crippen LogP contribution in [0, 0.1) is 0 Å². The number of rotatable bonds is 6. The molecule has 1 aromatic carbocycles. The topological polar surface area (TPSA) is 92.6 Å². The molecule has 1 N–H and O–H groups in total. The van der Waals surface area contributed by atoms with Gasteiger partial charge in [-0.15, -0.1) is 5.10 Å². The van der Waals surface area contributed by atoms with Gasteiger partial charge >= 0.3 is 6.18 Å². The minimum atomic E-state index is -4.39. The molecule has 34 heavy (non-hydrogen) atoms. The predicted molar refractivity (Wildman–Crippen MR) is 115 cm³/mol. The number of ether oxygens (including phenoxy) is 1. The van der Waals surface area contributed by atoms with Crippen molar-refractivity contribution in [3.05, 3.63) is 41.7 Å². The number of likely N-dealkylation sites (tertiary alicyclic amines) is 2. The fourth-order valence-electron chi connectivity index (χ4n) is 4.18. The van der Waals surface area contributed by atoms with Crippen molar-refractivity contribution in [2.24, 2.45) is 0 Å². The van der Waals surface area contributed by atoms with Gasteiger partial charge in [0.15, 0.2) is 5.69 Å². The zero-order valence-corrected chi connectivity index (χ0v) is 18.8. The molecule has 0 saturated carbocycles. The third kappa shape index (κ3) is 5.85. The summed E-state index contributed by atoms with van der Waals surface area (Å²) in [6.45, 7) is 2.53. The molecule has 0 spiro atoms. The first-order chi connectivity index (χ1) is 16.2. The number of carbonyl (C=O) groups excluding carboxylic acids is 2. The average molecular weight is 480 g/mol. The largest absolute Gasteiger partial charge is 0.490 e. The van der Waals surface area contributed by atoms with Gasteiger partial charge in [0.25, 0.3) is 5.91 Å². The smallest absolute Gasteiger partial charge is 0.416 e. The second-order valence-electron chi connectivity index (χ2n) is 8.69. The Morgan fingerprint density at radius 2 is 1.82 bits per heavy atom. The van der Waals surface area contributed by atoms with E-state index in [1.54, 1.807) is 15.8 Å². The van der Waals surface area contributed by atoms with E-state index in [2.05, 4.69) is 20.5 Å². The fourth-order valence-corrected chi connectivity index (χ4v) is 4.18. The van der Waals surface area contributed by atoms with Crippen LogP contribution in [0.25, 0.3) is 0 Å². The van der Waals surface area contributed by atoms with Gasteiger partial charge in [0.1, 0.15) is 11.9 Å². The highest BCUT2D eigenvalue weighted by Crippen LogP contribution is 2.31. The van der Waals surface area contributed by atoms with Crippen molar-refractivity contribution in [2.75, 3.05) is 39.8 Å². The van der Waals surface area contributed by atoms with Gasteiger partial charge in [-0.3, -0.25) is 9.59 Å². The van der Waals surface area contributed by atoms with Crippen molar-refractivity contribution in [2.45, 2.75) is 37.6 Å². The van der Waals surface area contributed by atoms with Crippen molar-refractivity contribution >= 4 is 11.8 Å². The zero-order valence-electron chi connectivity index (χ0n) is 18.8. The van der Waals surface area contributed by atoms with Crippen LogP contribution in [0.1, 0.15) is 41.4 Å². The molecule has 1 atom stereocenters. The van der Waals surface area contributed by atoms with E-state index in [-0.39, 0.29) is 30.3 Å². The minimum absolute atomic E-state index is 0.151. The van der Waals surface area contributed by atoms with Gasteiger partial charge in [-0.1, -0.05) is 5.21 Å². The third-order valence-corrected chi connectivity index (χ3v) is 6.16. The lowest BCUT2D eigenvalue weighted by molar-refractivity contribution is -0.137. The molecule has 2 aliphatic rings. The quantitative estimate of drug-likeness (QED) is 0.680. The third-order valence-electron chi connectivity index (χ3n) is 6.16. The number of piperidine rings is 1. The first kappa shape index (κ1) is 24.0. The molecule has 0 aliphatic carbocycles. The number of alkyl halides is 3. The summed E-state index contributed by atoms with van der Waals surface area (Å²) < 4.78 is 45.5. The number of hydrogen-bond acceptors (Lipinski definition) is 6. The molecular formula is C22H27F3N6O3. The Bertz CT molecular complexity index is 1000. The summed E-state index contributed by atoms with van der Waals surface area (Å²) in [7, 11) is 2.03. The summed E-state index contributed by atoms with van der Waals surface area (Å²) in [5.74, 6) is -0.306. The zero-order chi connectivity index (χ0) is 24.3. The van der Waals surface area contributed by atoms with Crippen molar-refractivity contribution in [1.82, 2.24) is 30.1 Å². The minimum Gasteiger partial charge on any atom is -0.490 e. The molecule has 1 unspecified atom stereocenters. The molecule has 9 nitrogen and oxygen atoms in total. The monoisotopic (exact) mass is 480 g/mol. The van der Waals surface area contributed by atoms with Crippen LogP contribution in [0.3, 0.4) is 0 Å². The van der Waals surface area contributed by atoms with Gasteiger partial charge in [-0.05, 0) is 44.3 Å². The van der Waals surface area contributed by atoms with Crippen LogP contribution in [0.5, 0.6) is 5.75 Å². The maximum absolute atomic E-state index is 12.7. The number of amides is 2. The van der Waals surface area contributed by atoms with E-state index in [1.807, 2.05) is 7.05 Å². The van der Waals surface area contributed by atoms with E-state index in [1.165, 1.54) is 12.1 Å². The second-order valence-corrected chi connectivity index (χ2v) is 8.69. The molecule has 1 aromatic heterocycles. The van der Waals surface area contributed by atoms with Crippen LogP contribution < -0.4 is 10.1 Å². The van der Waals surface area contributed by atoms with Crippen molar-refractivity contribution in [3.8, 4) is 5.75 Å². The molecule has 2 aliphatic heterocycles. The van der Waals surface area contributed by atoms with Crippen LogP contribution in [-0.2, 0) is 11.0 Å². The maximum atomic E-state index is 12.7. The molecule has 4 rings (SSSR count). The summed E-state index contributed by atoms with van der Waals surface area (Å²) in [6.07, 6.45) is -0.940. The van der Waals surface area contributed by atoms with Crippen molar-refractivity contribution in [3.63, 3.8) is 0 Å². The van der Waals surface area contributed by atoms with E-state index in [9.17, 15) is 22.8 Å². The van der Waals surface area contributed by atoms with E-state index in [0.29, 0.717) is 31.7 Å². The predicted octanol–water partition coefficient (Wildman–Crippen LogP) is 1.97. The van der Waals surface area contributed by atoms with Gasteiger partial charge in [0.05, 0.1) is 24.3 Å². The number of likely N-dealkylation sites (N-methyl/N-ethyl adjacent to an activating group) is 1. The number of aromatic nitrogens is 3. The lowest BCUT2D eigenvalue weighted by Crippen LogP contribution is -2.46. The second kappa shape index (κ2) is 10.00. The summed E-state index contributed by atoms with van der Waals surface area (Å²) in [5.41, 5.74) is -0.554. The number of halogens is 3. The highest BCUT2D eigenvalue weighted by Gasteiger charge is 2.30. The van der Waals surface area contributed by atoms with Crippen molar-refractivity contribution < 1.29 is 27.5 Å². The Labute approximate surface area is 194 Å². The van der Waals surface area contributed by atoms with Crippen LogP contribution in [0.2, 0.25) is 0 Å². The van der Waals surface area contributed by atoms with E-state index in [4.69, 9.17) is 4.74 Å². The van der Waals surface area contributed by atoms with E-state index < -0.39 is 17.6 Å². The molecule has 0 radical (unpaired) electrons. The molecule has 2 saturated heterocycles. The van der Waals surface area contributed by atoms with Crippen molar-refractivity contribution in [1.29, 1.82) is 0 Å². The summed E-state index contributed by atoms with van der Waals surface area (Å²) in [5, 5.41) is 10.6. The average Bonchev–Trinajstić information content (AvgIpc) is 3.47. The van der Waals surface area contributed by atoms with E-state index in [0.717, 1.165) is 31.6 Å². The summed E-state index contributed by atoms with van der Waals surface area (Å²) in [4.78, 5) is 28.7. The number of benzene rings is 1. The summed E-state index contributed by atoms with van der Waals surface area (Å²) >= 11 is 0. The molecule has 3 heterocycles. The van der Waals surface area contributed by atoms with Crippen LogP contribution >= 0.6 is 0 Å². The van der Waals surface area contributed by atoms with E-state index >= 15 is 0 Å². The van der Waals surface area contributed by atoms with Gasteiger partial charge in [-0.2, -0.15) is 13.2 Å². The number of nitrogens with one attached hydrogen (secondary N) is 1. The van der Waals surface area contributed by atoms with Crippen LogP contribution in [0.4, 0.5) is 13.2 Å². The van der Waals surface area contributed by atoms with Gasteiger partial charge in [0, 0.05) is 32.5 Å². The lowest BCUT2D eigenvalue weighted by atomic mass is 10.1. The Balaban J connectivity index is 1.19. The molecule has 184 valence electrons. The SMILES string of the molecule is CN1CCC(n2cc(C(=O)NCC(=O)N3CCC(Oc4ccc(C(F)(F)F)cc4)CC3)nn2)C1. The van der Waals surface area contributed by atoms with Gasteiger partial charge < -0.3 is 19.9 Å². The van der Waals surface area contributed by atoms with Gasteiger partial charge in [-0.25, -0.2) is 4.68 Å². The number of carbonyl (C=O) groups is 2. The Hall–Kier alpha value is -3.15. The molecule has 12 heteroatoms. The number of nitrogens with zero attached hydrogens (tertiary/aromatic N) is 5. The number of hydrogen-bond donors (Lipinski definition) is 1. The lowest BCUT2D eigenvalue weighted by Gasteiger charge is -2.32. The first-order valence-electron chi connectivity index (χ1n) is 11.2. The Kier molecular flexibility index (Phi) is 7.05. The Morgan fingerprint density at radius 3 is 2.44 bits per heavy atom. The molecule has 2 amide bonds. The molecule has 2 fully saturated rings. The van der Waals surface area contributed by atoms with Crippen LogP contribution in [-0.4, -0.2) is 82.5 Å². The van der Waals surface area contributed by atoms with Crippen LogP contribution in [0.15, 0.2) is 30.5 Å². The molecular weight excluding hydrogens is 453 g/mol. The maximum Gasteiger partial charge on any atom is 0.416 e. The van der Waals surface area contributed by atoms with Gasteiger partial charge in [0.2, 0.25) is 5.91 Å². The standard InChI is InChI=1S/C22H27F3N6O3/c1-29-9-6-16(13-29)31-14-19(27-28-31)21(33)26-12-20(32)30-10-7-18(8-11-30)34-17-4-2-15(3-5-17)22(23,24)25/h2-5,14,16,18H,6-13H2,1H3,(H,26,33). The molecule has 0 bridgehead atoms. The fraction of sp³-hybridized carbons (Fsp3) is 0.545. The highest BCUT2D eigenvalue weighted by molar-refractivity contribution is 5.94. The summed E-state index contributed by atoms with van der Waals surface area (Å²) in [6, 6.07) is 4.77. The first-order valence-corrected chi connectivity index (χ1v) is 11.2.